The normalized spacial score (nSPS) is 12.3. The quantitative estimate of drug-likeness (QED) is 0.689. The average molecular weight is 278 g/mol. The molecule has 0 bridgehead atoms. The Morgan fingerprint density at radius 2 is 1.76 bits per heavy atom. The molecular weight excluding hydrogens is 264 g/mol. The Bertz CT molecular complexity index is 757. The van der Waals surface area contributed by atoms with Crippen molar-refractivity contribution in [3.05, 3.63) is 65.2 Å². The molecule has 0 spiro atoms. The van der Waals surface area contributed by atoms with E-state index >= 15 is 0 Å². The summed E-state index contributed by atoms with van der Waals surface area (Å²) < 4.78 is 4.58. The van der Waals surface area contributed by atoms with E-state index in [1.54, 1.807) is 6.08 Å². The van der Waals surface area contributed by atoms with E-state index in [1.165, 1.54) is 7.11 Å². The summed E-state index contributed by atoms with van der Waals surface area (Å²) in [7, 11) is 1.36. The molecule has 0 amide bonds. The average Bonchev–Trinajstić information content (AvgIpc) is 2.80. The van der Waals surface area contributed by atoms with Crippen LogP contribution in [0.2, 0.25) is 0 Å². The molecule has 0 atom stereocenters. The molecule has 2 aromatic rings. The molecule has 0 aromatic heterocycles. The maximum Gasteiger partial charge on any atom is 0.309 e. The lowest BCUT2D eigenvalue weighted by atomic mass is 10.0. The molecule has 0 saturated heterocycles. The molecule has 0 heterocycles. The van der Waals surface area contributed by atoms with E-state index in [2.05, 4.69) is 4.74 Å². The predicted octanol–water partition coefficient (Wildman–Crippen LogP) is 3.47. The Morgan fingerprint density at radius 3 is 2.52 bits per heavy atom. The molecule has 1 aliphatic carbocycles. The van der Waals surface area contributed by atoms with Crippen LogP contribution in [0.25, 0.3) is 17.2 Å². The highest BCUT2D eigenvalue weighted by Crippen LogP contribution is 2.36. The van der Waals surface area contributed by atoms with Crippen LogP contribution >= 0.6 is 0 Å². The minimum absolute atomic E-state index is 0.0591. The molecule has 3 heteroatoms. The van der Waals surface area contributed by atoms with Crippen molar-refractivity contribution in [3.63, 3.8) is 0 Å². The Labute approximate surface area is 122 Å². The second-order valence-corrected chi connectivity index (χ2v) is 4.86. The SMILES string of the molecule is COC(=O)CC=Cc1ccc2c(c1)C(=O)c1ccccc1-2. The van der Waals surface area contributed by atoms with Gasteiger partial charge in [0.15, 0.2) is 5.78 Å². The predicted molar refractivity (Wildman–Crippen MR) is 81.0 cm³/mol. The Hall–Kier alpha value is -2.68. The summed E-state index contributed by atoms with van der Waals surface area (Å²) in [5.41, 5.74) is 4.33. The zero-order valence-corrected chi connectivity index (χ0v) is 11.6. The van der Waals surface area contributed by atoms with E-state index in [0.29, 0.717) is 0 Å². The van der Waals surface area contributed by atoms with Crippen LogP contribution in [0.15, 0.2) is 48.5 Å². The van der Waals surface area contributed by atoms with E-state index in [4.69, 9.17) is 0 Å². The standard InChI is InChI=1S/C18H14O3/c1-21-17(19)8-4-5-12-9-10-14-13-6-2-3-7-15(13)18(20)16(14)11-12/h2-7,9-11H,8H2,1H3. The number of carbonyl (C=O) groups excluding carboxylic acids is 2. The van der Waals surface area contributed by atoms with Crippen molar-refractivity contribution < 1.29 is 14.3 Å². The van der Waals surface area contributed by atoms with Crippen molar-refractivity contribution in [2.24, 2.45) is 0 Å². The van der Waals surface area contributed by atoms with Crippen LogP contribution in [-0.4, -0.2) is 18.9 Å². The highest BCUT2D eigenvalue weighted by atomic mass is 16.5. The van der Waals surface area contributed by atoms with Crippen molar-refractivity contribution in [1.29, 1.82) is 0 Å². The van der Waals surface area contributed by atoms with Gasteiger partial charge in [0.05, 0.1) is 13.5 Å². The fourth-order valence-corrected chi connectivity index (χ4v) is 2.52. The van der Waals surface area contributed by atoms with Gasteiger partial charge in [0.2, 0.25) is 0 Å². The maximum atomic E-state index is 12.4. The van der Waals surface area contributed by atoms with Crippen molar-refractivity contribution in [3.8, 4) is 11.1 Å². The highest BCUT2D eigenvalue weighted by molar-refractivity contribution is 6.21. The topological polar surface area (TPSA) is 43.4 Å². The van der Waals surface area contributed by atoms with Gasteiger partial charge >= 0.3 is 5.97 Å². The van der Waals surface area contributed by atoms with Crippen LogP contribution in [-0.2, 0) is 9.53 Å². The number of rotatable bonds is 3. The van der Waals surface area contributed by atoms with Crippen LogP contribution in [0.4, 0.5) is 0 Å². The molecule has 0 fully saturated rings. The molecule has 1 aliphatic rings. The van der Waals surface area contributed by atoms with Crippen LogP contribution < -0.4 is 0 Å². The molecule has 0 saturated carbocycles. The number of fused-ring (bicyclic) bond motifs is 3. The lowest BCUT2D eigenvalue weighted by Gasteiger charge is -2.01. The number of ketones is 1. The van der Waals surface area contributed by atoms with Gasteiger partial charge in [-0.15, -0.1) is 0 Å². The number of methoxy groups -OCH3 is 1. The van der Waals surface area contributed by atoms with Crippen molar-refractivity contribution in [1.82, 2.24) is 0 Å². The lowest BCUT2D eigenvalue weighted by Crippen LogP contribution is -1.97. The second kappa shape index (κ2) is 5.37. The molecule has 0 aliphatic heterocycles. The molecule has 0 N–H and O–H groups in total. The van der Waals surface area contributed by atoms with E-state index in [0.717, 1.165) is 27.8 Å². The minimum atomic E-state index is -0.282. The van der Waals surface area contributed by atoms with E-state index in [-0.39, 0.29) is 18.2 Å². The number of hydrogen-bond donors (Lipinski definition) is 0. The second-order valence-electron chi connectivity index (χ2n) is 4.86. The first kappa shape index (κ1) is 13.3. The number of benzene rings is 2. The van der Waals surface area contributed by atoms with Gasteiger partial charge in [0.1, 0.15) is 0 Å². The molecule has 3 rings (SSSR count). The largest absolute Gasteiger partial charge is 0.469 e. The van der Waals surface area contributed by atoms with Crippen molar-refractivity contribution in [2.45, 2.75) is 6.42 Å². The van der Waals surface area contributed by atoms with Crippen LogP contribution in [0, 0.1) is 0 Å². The lowest BCUT2D eigenvalue weighted by molar-refractivity contribution is -0.139. The Morgan fingerprint density at radius 1 is 1.05 bits per heavy atom. The third-order valence-electron chi connectivity index (χ3n) is 3.57. The molecule has 2 aromatic carbocycles. The van der Waals surface area contributed by atoms with Gasteiger partial charge < -0.3 is 4.74 Å². The third-order valence-corrected chi connectivity index (χ3v) is 3.57. The number of ether oxygens (including phenoxy) is 1. The number of esters is 1. The zero-order valence-electron chi connectivity index (χ0n) is 11.6. The Kier molecular flexibility index (Phi) is 3.40. The van der Waals surface area contributed by atoms with Crippen LogP contribution in [0.1, 0.15) is 27.9 Å². The summed E-state index contributed by atoms with van der Waals surface area (Å²) >= 11 is 0. The van der Waals surface area contributed by atoms with Crippen molar-refractivity contribution >= 4 is 17.8 Å². The fraction of sp³-hybridized carbons (Fsp3) is 0.111. The van der Waals surface area contributed by atoms with Gasteiger partial charge in [-0.3, -0.25) is 9.59 Å². The monoisotopic (exact) mass is 278 g/mol. The highest BCUT2D eigenvalue weighted by Gasteiger charge is 2.25. The molecular formula is C18H14O3. The summed E-state index contributed by atoms with van der Waals surface area (Å²) in [5.74, 6) is -0.222. The van der Waals surface area contributed by atoms with Crippen LogP contribution in [0.3, 0.4) is 0 Å². The summed E-state index contributed by atoms with van der Waals surface area (Å²) in [6.45, 7) is 0. The van der Waals surface area contributed by atoms with Crippen molar-refractivity contribution in [2.75, 3.05) is 7.11 Å². The molecule has 104 valence electrons. The summed E-state index contributed by atoms with van der Waals surface area (Å²) in [4.78, 5) is 23.4. The first-order valence-electron chi connectivity index (χ1n) is 6.72. The van der Waals surface area contributed by atoms with Gasteiger partial charge in [-0.25, -0.2) is 0 Å². The number of carbonyl (C=O) groups is 2. The van der Waals surface area contributed by atoms with Gasteiger partial charge in [-0.2, -0.15) is 0 Å². The maximum absolute atomic E-state index is 12.4. The smallest absolute Gasteiger partial charge is 0.309 e. The molecule has 0 unspecified atom stereocenters. The molecule has 3 nitrogen and oxygen atoms in total. The molecule has 21 heavy (non-hydrogen) atoms. The minimum Gasteiger partial charge on any atom is -0.469 e. The summed E-state index contributed by atoms with van der Waals surface area (Å²) in [6, 6.07) is 13.4. The third kappa shape index (κ3) is 2.38. The number of hydrogen-bond acceptors (Lipinski definition) is 3. The van der Waals surface area contributed by atoms with Gasteiger partial charge in [0, 0.05) is 11.1 Å². The van der Waals surface area contributed by atoms with E-state index in [9.17, 15) is 9.59 Å². The van der Waals surface area contributed by atoms with E-state index < -0.39 is 0 Å². The van der Waals surface area contributed by atoms with Gasteiger partial charge in [-0.1, -0.05) is 48.6 Å². The molecule has 0 radical (unpaired) electrons. The summed E-state index contributed by atoms with van der Waals surface area (Å²) in [5, 5.41) is 0. The first-order valence-corrected chi connectivity index (χ1v) is 6.72. The van der Waals surface area contributed by atoms with Gasteiger partial charge in [0.25, 0.3) is 0 Å². The summed E-state index contributed by atoms with van der Waals surface area (Å²) in [6.07, 6.45) is 3.79. The zero-order chi connectivity index (χ0) is 14.8. The Balaban J connectivity index is 1.91. The first-order chi connectivity index (χ1) is 10.2. The van der Waals surface area contributed by atoms with Crippen LogP contribution in [0.5, 0.6) is 0 Å². The van der Waals surface area contributed by atoms with E-state index in [1.807, 2.05) is 48.5 Å². The van der Waals surface area contributed by atoms with Gasteiger partial charge in [-0.05, 0) is 22.8 Å². The fourth-order valence-electron chi connectivity index (χ4n) is 2.52.